The van der Waals surface area contributed by atoms with Crippen molar-refractivity contribution in [2.24, 2.45) is 0 Å². The molecule has 0 aliphatic carbocycles. The number of aromatic amines is 1. The third kappa shape index (κ3) is 2.57. The predicted molar refractivity (Wildman–Crippen MR) is 81.8 cm³/mol. The third-order valence-corrected chi connectivity index (χ3v) is 3.33. The summed E-state index contributed by atoms with van der Waals surface area (Å²) in [7, 11) is 0. The van der Waals surface area contributed by atoms with Gasteiger partial charge in [-0.1, -0.05) is 30.3 Å². The molecule has 1 heterocycles. The van der Waals surface area contributed by atoms with E-state index in [0.717, 1.165) is 22.2 Å². The van der Waals surface area contributed by atoms with Gasteiger partial charge in [0.1, 0.15) is 0 Å². The van der Waals surface area contributed by atoms with Gasteiger partial charge in [0.05, 0.1) is 6.42 Å². The summed E-state index contributed by atoms with van der Waals surface area (Å²) in [6.07, 6.45) is 2.28. The Hall–Kier alpha value is -2.55. The molecule has 3 nitrogen and oxygen atoms in total. The summed E-state index contributed by atoms with van der Waals surface area (Å²) in [5.74, 6) is -0.00215. The fraction of sp³-hybridized carbons (Fsp3) is 0.118. The molecule has 0 fully saturated rings. The van der Waals surface area contributed by atoms with Crippen LogP contribution in [0, 0.1) is 6.92 Å². The minimum atomic E-state index is -0.00215. The van der Waals surface area contributed by atoms with E-state index in [1.165, 1.54) is 5.56 Å². The van der Waals surface area contributed by atoms with Crippen molar-refractivity contribution in [2.75, 3.05) is 5.32 Å². The second kappa shape index (κ2) is 5.21. The standard InChI is InChI=1S/C17H16N2O/c1-12-7-8-15-13(11-18-16(15)9-12)10-17(20)19-14-5-3-2-4-6-14/h2-9,11,18H,10H2,1H3,(H,19,20). The second-order valence-electron chi connectivity index (χ2n) is 4.95. The highest BCUT2D eigenvalue weighted by Gasteiger charge is 2.09. The van der Waals surface area contributed by atoms with E-state index in [4.69, 9.17) is 0 Å². The summed E-state index contributed by atoms with van der Waals surface area (Å²) in [5, 5.41) is 4.01. The highest BCUT2D eigenvalue weighted by Crippen LogP contribution is 2.20. The smallest absolute Gasteiger partial charge is 0.228 e. The molecule has 1 aromatic heterocycles. The largest absolute Gasteiger partial charge is 0.361 e. The first-order valence-corrected chi connectivity index (χ1v) is 6.64. The molecule has 1 amide bonds. The summed E-state index contributed by atoms with van der Waals surface area (Å²) >= 11 is 0. The van der Waals surface area contributed by atoms with Crippen molar-refractivity contribution >= 4 is 22.5 Å². The van der Waals surface area contributed by atoms with Crippen LogP contribution in [0.15, 0.2) is 54.7 Å². The number of H-pyrrole nitrogens is 1. The molecule has 0 saturated heterocycles. The highest BCUT2D eigenvalue weighted by molar-refractivity contribution is 5.95. The van der Waals surface area contributed by atoms with Gasteiger partial charge in [-0.2, -0.15) is 0 Å². The number of carbonyl (C=O) groups excluding carboxylic acids is 1. The predicted octanol–water partition coefficient (Wildman–Crippen LogP) is 3.66. The molecule has 20 heavy (non-hydrogen) atoms. The number of benzene rings is 2. The van der Waals surface area contributed by atoms with Crippen LogP contribution in [0.25, 0.3) is 10.9 Å². The number of aromatic nitrogens is 1. The van der Waals surface area contributed by atoms with Gasteiger partial charge in [-0.3, -0.25) is 4.79 Å². The van der Waals surface area contributed by atoms with Crippen LogP contribution in [0.5, 0.6) is 0 Å². The van der Waals surface area contributed by atoms with E-state index < -0.39 is 0 Å². The van der Waals surface area contributed by atoms with E-state index in [1.54, 1.807) is 0 Å². The van der Waals surface area contributed by atoms with Crippen LogP contribution in [-0.4, -0.2) is 10.9 Å². The molecular weight excluding hydrogens is 248 g/mol. The van der Waals surface area contributed by atoms with E-state index in [2.05, 4.69) is 35.4 Å². The lowest BCUT2D eigenvalue weighted by atomic mass is 10.1. The Labute approximate surface area is 117 Å². The van der Waals surface area contributed by atoms with E-state index in [-0.39, 0.29) is 5.91 Å². The van der Waals surface area contributed by atoms with Crippen molar-refractivity contribution in [3.63, 3.8) is 0 Å². The molecule has 3 heteroatoms. The first-order valence-electron chi connectivity index (χ1n) is 6.64. The van der Waals surface area contributed by atoms with Gasteiger partial charge in [0, 0.05) is 22.8 Å². The van der Waals surface area contributed by atoms with Gasteiger partial charge in [0.15, 0.2) is 0 Å². The monoisotopic (exact) mass is 264 g/mol. The van der Waals surface area contributed by atoms with E-state index in [0.29, 0.717) is 6.42 Å². The molecule has 0 unspecified atom stereocenters. The van der Waals surface area contributed by atoms with Crippen molar-refractivity contribution in [2.45, 2.75) is 13.3 Å². The average Bonchev–Trinajstić information content (AvgIpc) is 2.82. The van der Waals surface area contributed by atoms with Crippen LogP contribution in [0.1, 0.15) is 11.1 Å². The van der Waals surface area contributed by atoms with E-state index >= 15 is 0 Å². The molecule has 0 atom stereocenters. The summed E-state index contributed by atoms with van der Waals surface area (Å²) < 4.78 is 0. The Morgan fingerprint density at radius 1 is 1.15 bits per heavy atom. The Bertz CT molecular complexity index is 744. The summed E-state index contributed by atoms with van der Waals surface area (Å²) in [6, 6.07) is 15.7. The number of nitrogens with one attached hydrogen (secondary N) is 2. The maximum absolute atomic E-state index is 12.1. The zero-order valence-electron chi connectivity index (χ0n) is 11.3. The maximum atomic E-state index is 12.1. The summed E-state index contributed by atoms with van der Waals surface area (Å²) in [4.78, 5) is 15.3. The third-order valence-electron chi connectivity index (χ3n) is 3.33. The fourth-order valence-electron chi connectivity index (χ4n) is 2.35. The highest BCUT2D eigenvalue weighted by atomic mass is 16.1. The zero-order valence-corrected chi connectivity index (χ0v) is 11.3. The van der Waals surface area contributed by atoms with Gasteiger partial charge in [0.25, 0.3) is 0 Å². The molecule has 0 spiro atoms. The van der Waals surface area contributed by atoms with Crippen LogP contribution >= 0.6 is 0 Å². The summed E-state index contributed by atoms with van der Waals surface area (Å²) in [5.41, 5.74) is 4.13. The molecule has 2 N–H and O–H groups in total. The van der Waals surface area contributed by atoms with Crippen LogP contribution in [0.3, 0.4) is 0 Å². The lowest BCUT2D eigenvalue weighted by molar-refractivity contribution is -0.115. The Balaban J connectivity index is 1.78. The Kier molecular flexibility index (Phi) is 3.25. The Morgan fingerprint density at radius 2 is 1.95 bits per heavy atom. The summed E-state index contributed by atoms with van der Waals surface area (Å²) in [6.45, 7) is 2.06. The number of anilines is 1. The van der Waals surface area contributed by atoms with Gasteiger partial charge >= 0.3 is 0 Å². The minimum absolute atomic E-state index is 0.00215. The first kappa shape index (κ1) is 12.5. The number of para-hydroxylation sites is 1. The van der Waals surface area contributed by atoms with Crippen molar-refractivity contribution in [1.82, 2.24) is 4.98 Å². The number of hydrogen-bond acceptors (Lipinski definition) is 1. The van der Waals surface area contributed by atoms with Gasteiger partial charge in [-0.05, 0) is 36.2 Å². The molecule has 0 radical (unpaired) electrons. The van der Waals surface area contributed by atoms with Crippen molar-refractivity contribution in [1.29, 1.82) is 0 Å². The van der Waals surface area contributed by atoms with Crippen LogP contribution in [0.2, 0.25) is 0 Å². The van der Waals surface area contributed by atoms with Crippen molar-refractivity contribution in [3.05, 3.63) is 65.9 Å². The number of rotatable bonds is 3. The Morgan fingerprint density at radius 3 is 2.75 bits per heavy atom. The first-order chi connectivity index (χ1) is 9.72. The zero-order chi connectivity index (χ0) is 13.9. The molecule has 3 aromatic rings. The number of carbonyl (C=O) groups is 1. The number of aryl methyl sites for hydroxylation is 1. The minimum Gasteiger partial charge on any atom is -0.361 e. The molecule has 0 aliphatic rings. The molecule has 0 aliphatic heterocycles. The average molecular weight is 264 g/mol. The number of amides is 1. The van der Waals surface area contributed by atoms with Crippen LogP contribution in [-0.2, 0) is 11.2 Å². The molecule has 2 aromatic carbocycles. The number of hydrogen-bond donors (Lipinski definition) is 2. The van der Waals surface area contributed by atoms with Crippen molar-refractivity contribution in [3.8, 4) is 0 Å². The van der Waals surface area contributed by atoms with E-state index in [9.17, 15) is 4.79 Å². The van der Waals surface area contributed by atoms with Gasteiger partial charge in [0.2, 0.25) is 5.91 Å². The van der Waals surface area contributed by atoms with Gasteiger partial charge in [-0.15, -0.1) is 0 Å². The molecule has 3 rings (SSSR count). The normalized spacial score (nSPS) is 10.7. The topological polar surface area (TPSA) is 44.9 Å². The number of fused-ring (bicyclic) bond motifs is 1. The SMILES string of the molecule is Cc1ccc2c(CC(=O)Nc3ccccc3)c[nH]c2c1. The molecule has 0 saturated carbocycles. The molecule has 0 bridgehead atoms. The second-order valence-corrected chi connectivity index (χ2v) is 4.95. The van der Waals surface area contributed by atoms with Crippen LogP contribution in [0.4, 0.5) is 5.69 Å². The lowest BCUT2D eigenvalue weighted by Crippen LogP contribution is -2.13. The quantitative estimate of drug-likeness (QED) is 0.745. The maximum Gasteiger partial charge on any atom is 0.228 e. The van der Waals surface area contributed by atoms with Crippen LogP contribution < -0.4 is 5.32 Å². The van der Waals surface area contributed by atoms with E-state index in [1.807, 2.05) is 36.5 Å². The van der Waals surface area contributed by atoms with Gasteiger partial charge in [-0.25, -0.2) is 0 Å². The lowest BCUT2D eigenvalue weighted by Gasteiger charge is -2.04. The molecule has 100 valence electrons. The fourth-order valence-corrected chi connectivity index (χ4v) is 2.35. The van der Waals surface area contributed by atoms with Crippen molar-refractivity contribution < 1.29 is 4.79 Å². The van der Waals surface area contributed by atoms with Gasteiger partial charge < -0.3 is 10.3 Å². The molecular formula is C17H16N2O.